The molecule has 1 aromatic heterocycles. The molecule has 1 aromatic carbocycles. The summed E-state index contributed by atoms with van der Waals surface area (Å²) in [5, 5.41) is 9.02. The van der Waals surface area contributed by atoms with E-state index in [4.69, 9.17) is 9.52 Å². The molecule has 7 heteroatoms. The van der Waals surface area contributed by atoms with E-state index < -0.39 is 23.5 Å². The number of hydrogen-bond donors (Lipinski definition) is 1. The van der Waals surface area contributed by atoms with Crippen LogP contribution in [0.25, 0.3) is 0 Å². The Balaban J connectivity index is 1.67. The number of rotatable bonds is 5. The summed E-state index contributed by atoms with van der Waals surface area (Å²) in [5.41, 5.74) is 0.274. The van der Waals surface area contributed by atoms with E-state index >= 15 is 0 Å². The Morgan fingerprint density at radius 2 is 2.04 bits per heavy atom. The van der Waals surface area contributed by atoms with Crippen LogP contribution in [-0.2, 0) is 11.3 Å². The Morgan fingerprint density at radius 1 is 1.32 bits per heavy atom. The molecule has 132 valence electrons. The second kappa shape index (κ2) is 6.31. The minimum Gasteiger partial charge on any atom is -0.478 e. The van der Waals surface area contributed by atoms with Crippen molar-refractivity contribution in [1.82, 2.24) is 4.90 Å². The maximum absolute atomic E-state index is 13.8. The zero-order valence-corrected chi connectivity index (χ0v) is 13.8. The van der Waals surface area contributed by atoms with Crippen LogP contribution < -0.4 is 0 Å². The van der Waals surface area contributed by atoms with Gasteiger partial charge in [0.05, 0.1) is 6.54 Å². The van der Waals surface area contributed by atoms with Crippen molar-refractivity contribution < 1.29 is 27.9 Å². The number of carbonyl (C=O) groups is 2. The Labute approximate surface area is 142 Å². The van der Waals surface area contributed by atoms with Crippen LogP contribution in [0.15, 0.2) is 28.7 Å². The number of carbonyl (C=O) groups excluding carboxylic acids is 1. The SMILES string of the molecule is Cc1oc(CN(C)C(=O)[C@H]2C[C@@H]2c2cc(F)ccc2F)cc1C(=O)O. The van der Waals surface area contributed by atoms with Gasteiger partial charge >= 0.3 is 5.97 Å². The van der Waals surface area contributed by atoms with E-state index in [0.717, 1.165) is 18.2 Å². The molecular weight excluding hydrogens is 332 g/mol. The summed E-state index contributed by atoms with van der Waals surface area (Å²) in [5.74, 6) is -2.46. The van der Waals surface area contributed by atoms with E-state index in [1.165, 1.54) is 11.0 Å². The van der Waals surface area contributed by atoms with Gasteiger partial charge in [0.2, 0.25) is 5.91 Å². The fraction of sp³-hybridized carbons (Fsp3) is 0.333. The zero-order chi connectivity index (χ0) is 18.3. The van der Waals surface area contributed by atoms with Crippen molar-refractivity contribution in [2.75, 3.05) is 7.05 Å². The zero-order valence-electron chi connectivity index (χ0n) is 13.8. The quantitative estimate of drug-likeness (QED) is 0.899. The number of amides is 1. The van der Waals surface area contributed by atoms with Gasteiger partial charge in [-0.25, -0.2) is 13.6 Å². The summed E-state index contributed by atoms with van der Waals surface area (Å²) < 4.78 is 32.5. The van der Waals surface area contributed by atoms with Crippen molar-refractivity contribution in [3.8, 4) is 0 Å². The molecule has 1 heterocycles. The molecule has 0 bridgehead atoms. The number of hydrogen-bond acceptors (Lipinski definition) is 3. The fourth-order valence-electron chi connectivity index (χ4n) is 3.04. The third-order valence-electron chi connectivity index (χ3n) is 4.43. The summed E-state index contributed by atoms with van der Waals surface area (Å²) in [6.45, 7) is 1.65. The molecule has 1 fully saturated rings. The number of aromatic carboxylic acids is 1. The van der Waals surface area contributed by atoms with Gasteiger partial charge in [-0.15, -0.1) is 0 Å². The Bertz CT molecular complexity index is 846. The minimum absolute atomic E-state index is 0.0574. The van der Waals surface area contributed by atoms with Crippen molar-refractivity contribution in [2.45, 2.75) is 25.8 Å². The standard InChI is InChI=1S/C18H17F2NO4/c1-9-12(18(23)24)6-11(25-9)8-21(2)17(22)15-7-13(15)14-5-10(19)3-4-16(14)20/h3-6,13,15H,7-8H2,1-2H3,(H,23,24)/t13-,15+/m1/s1. The molecule has 25 heavy (non-hydrogen) atoms. The van der Waals surface area contributed by atoms with Gasteiger partial charge in [-0.3, -0.25) is 4.79 Å². The first kappa shape index (κ1) is 17.1. The molecule has 1 saturated carbocycles. The molecule has 0 saturated heterocycles. The number of benzene rings is 1. The maximum Gasteiger partial charge on any atom is 0.339 e. The van der Waals surface area contributed by atoms with Crippen LogP contribution in [0.1, 0.15) is 39.8 Å². The van der Waals surface area contributed by atoms with E-state index in [1.807, 2.05) is 0 Å². The summed E-state index contributed by atoms with van der Waals surface area (Å²) in [4.78, 5) is 24.9. The molecule has 2 aromatic rings. The number of furan rings is 1. The molecule has 1 amide bonds. The molecule has 0 aliphatic heterocycles. The molecule has 0 spiro atoms. The lowest BCUT2D eigenvalue weighted by atomic mass is 10.1. The van der Waals surface area contributed by atoms with Crippen molar-refractivity contribution in [1.29, 1.82) is 0 Å². The molecule has 1 aliphatic carbocycles. The minimum atomic E-state index is -1.09. The maximum atomic E-state index is 13.8. The van der Waals surface area contributed by atoms with Gasteiger partial charge in [0.1, 0.15) is 28.7 Å². The number of carboxylic acids is 1. The normalized spacial score (nSPS) is 18.9. The predicted molar refractivity (Wildman–Crippen MR) is 84.1 cm³/mol. The van der Waals surface area contributed by atoms with Gasteiger partial charge in [-0.1, -0.05) is 0 Å². The van der Waals surface area contributed by atoms with Crippen LogP contribution >= 0.6 is 0 Å². The third-order valence-corrected chi connectivity index (χ3v) is 4.43. The Kier molecular flexibility index (Phi) is 4.32. The average molecular weight is 349 g/mol. The first-order valence-electron chi connectivity index (χ1n) is 7.80. The van der Waals surface area contributed by atoms with Gasteiger partial charge in [0.25, 0.3) is 0 Å². The second-order valence-corrected chi connectivity index (χ2v) is 6.30. The van der Waals surface area contributed by atoms with Crippen molar-refractivity contribution >= 4 is 11.9 Å². The van der Waals surface area contributed by atoms with Crippen LogP contribution in [0.3, 0.4) is 0 Å². The first-order valence-corrected chi connectivity index (χ1v) is 7.80. The highest BCUT2D eigenvalue weighted by Gasteiger charge is 2.46. The van der Waals surface area contributed by atoms with Gasteiger partial charge in [-0.2, -0.15) is 0 Å². The van der Waals surface area contributed by atoms with E-state index in [-0.39, 0.29) is 35.3 Å². The monoisotopic (exact) mass is 349 g/mol. The number of carboxylic acid groups (broad SMARTS) is 1. The van der Waals surface area contributed by atoms with Crippen LogP contribution in [0, 0.1) is 24.5 Å². The number of nitrogens with zero attached hydrogens (tertiary/aromatic N) is 1. The first-order chi connectivity index (χ1) is 11.8. The van der Waals surface area contributed by atoms with E-state index in [0.29, 0.717) is 12.2 Å². The molecule has 0 unspecified atom stereocenters. The van der Waals surface area contributed by atoms with E-state index in [9.17, 15) is 18.4 Å². The molecule has 3 rings (SSSR count). The highest BCUT2D eigenvalue weighted by atomic mass is 19.1. The van der Waals surface area contributed by atoms with Crippen molar-refractivity contribution in [3.05, 3.63) is 58.5 Å². The third kappa shape index (κ3) is 3.40. The van der Waals surface area contributed by atoms with E-state index in [1.54, 1.807) is 14.0 Å². The van der Waals surface area contributed by atoms with Crippen molar-refractivity contribution in [2.24, 2.45) is 5.92 Å². The van der Waals surface area contributed by atoms with Crippen molar-refractivity contribution in [3.63, 3.8) is 0 Å². The largest absolute Gasteiger partial charge is 0.478 e. The number of aryl methyl sites for hydroxylation is 1. The van der Waals surface area contributed by atoms with Crippen LogP contribution in [0.5, 0.6) is 0 Å². The Morgan fingerprint density at radius 3 is 2.68 bits per heavy atom. The van der Waals surface area contributed by atoms with Gasteiger partial charge in [-0.05, 0) is 49.1 Å². The van der Waals surface area contributed by atoms with E-state index in [2.05, 4.69) is 0 Å². The van der Waals surface area contributed by atoms with Crippen LogP contribution in [0.4, 0.5) is 8.78 Å². The summed E-state index contributed by atoms with van der Waals surface area (Å²) in [6.07, 6.45) is 0.459. The fourth-order valence-corrected chi connectivity index (χ4v) is 3.04. The highest BCUT2D eigenvalue weighted by Crippen LogP contribution is 2.49. The predicted octanol–water partition coefficient (Wildman–Crippen LogP) is 3.33. The summed E-state index contributed by atoms with van der Waals surface area (Å²) >= 11 is 0. The lowest BCUT2D eigenvalue weighted by Gasteiger charge is -2.16. The summed E-state index contributed by atoms with van der Waals surface area (Å²) in [7, 11) is 1.57. The highest BCUT2D eigenvalue weighted by molar-refractivity contribution is 5.89. The number of halogens is 2. The molecule has 1 aliphatic rings. The average Bonchev–Trinajstić information content (AvgIpc) is 3.25. The topological polar surface area (TPSA) is 70.8 Å². The van der Waals surface area contributed by atoms with Gasteiger partial charge in [0.15, 0.2) is 0 Å². The molecular formula is C18H17F2NO4. The van der Waals surface area contributed by atoms with Gasteiger partial charge < -0.3 is 14.4 Å². The lowest BCUT2D eigenvalue weighted by molar-refractivity contribution is -0.132. The molecule has 5 nitrogen and oxygen atoms in total. The molecule has 1 N–H and O–H groups in total. The van der Waals surface area contributed by atoms with Gasteiger partial charge in [0, 0.05) is 13.0 Å². The van der Waals surface area contributed by atoms with Crippen LogP contribution in [0.2, 0.25) is 0 Å². The molecule has 0 radical (unpaired) electrons. The Hall–Kier alpha value is -2.70. The smallest absolute Gasteiger partial charge is 0.339 e. The van der Waals surface area contributed by atoms with Crippen LogP contribution in [-0.4, -0.2) is 28.9 Å². The molecule has 2 atom stereocenters. The second-order valence-electron chi connectivity index (χ2n) is 6.30. The summed E-state index contributed by atoms with van der Waals surface area (Å²) in [6, 6.07) is 4.62. The lowest BCUT2D eigenvalue weighted by Crippen LogP contribution is -2.27.